The molecule has 1 amide bonds. The molecular weight excluding hydrogens is 386 g/mol. The van der Waals surface area contributed by atoms with E-state index in [4.69, 9.17) is 9.72 Å². The van der Waals surface area contributed by atoms with Gasteiger partial charge in [-0.2, -0.15) is 0 Å². The molecule has 0 bridgehead atoms. The Balaban J connectivity index is 1.44. The van der Waals surface area contributed by atoms with Gasteiger partial charge in [0.1, 0.15) is 18.2 Å². The molecule has 31 heavy (non-hydrogen) atoms. The van der Waals surface area contributed by atoms with Crippen molar-refractivity contribution >= 4 is 16.9 Å². The molecule has 0 fully saturated rings. The van der Waals surface area contributed by atoms with Crippen molar-refractivity contribution in [1.82, 2.24) is 14.9 Å². The number of hydrogen-bond acceptors (Lipinski definition) is 3. The van der Waals surface area contributed by atoms with E-state index in [1.165, 1.54) is 11.1 Å². The molecule has 0 aliphatic heterocycles. The SMILES string of the molecule is Cc1cccc(OCCn2c(CCNC(=O)c3ccccc3)nc3ccccc32)c1C. The molecule has 158 valence electrons. The Bertz CT molecular complexity index is 1180. The molecule has 0 atom stereocenters. The van der Waals surface area contributed by atoms with Crippen LogP contribution in [-0.4, -0.2) is 28.6 Å². The fourth-order valence-electron chi connectivity index (χ4n) is 3.67. The highest BCUT2D eigenvalue weighted by Crippen LogP contribution is 2.21. The minimum atomic E-state index is -0.0680. The third-order valence-electron chi connectivity index (χ3n) is 5.53. The standard InChI is InChI=1S/C26H27N3O2/c1-19-9-8-14-24(20(19)2)31-18-17-29-23-13-7-6-12-22(23)28-25(29)15-16-27-26(30)21-10-4-3-5-11-21/h3-14H,15-18H2,1-2H3,(H,27,30). The van der Waals surface area contributed by atoms with Crippen molar-refractivity contribution in [3.05, 3.63) is 95.3 Å². The van der Waals surface area contributed by atoms with Crippen LogP contribution in [0, 0.1) is 13.8 Å². The van der Waals surface area contributed by atoms with Crippen molar-refractivity contribution in [2.24, 2.45) is 0 Å². The van der Waals surface area contributed by atoms with Crippen LogP contribution in [0.4, 0.5) is 0 Å². The van der Waals surface area contributed by atoms with Gasteiger partial charge in [-0.05, 0) is 55.3 Å². The number of nitrogens with one attached hydrogen (secondary N) is 1. The van der Waals surface area contributed by atoms with Crippen molar-refractivity contribution in [3.63, 3.8) is 0 Å². The number of aromatic nitrogens is 2. The maximum atomic E-state index is 12.3. The van der Waals surface area contributed by atoms with Crippen molar-refractivity contribution in [1.29, 1.82) is 0 Å². The Kier molecular flexibility index (Phi) is 6.32. The molecule has 4 rings (SSSR count). The number of hydrogen-bond donors (Lipinski definition) is 1. The van der Waals surface area contributed by atoms with Crippen LogP contribution in [0.1, 0.15) is 27.3 Å². The zero-order valence-electron chi connectivity index (χ0n) is 18.0. The number of carbonyl (C=O) groups is 1. The summed E-state index contributed by atoms with van der Waals surface area (Å²) in [5, 5.41) is 2.99. The summed E-state index contributed by atoms with van der Waals surface area (Å²) in [4.78, 5) is 17.1. The molecule has 0 saturated heterocycles. The fourth-order valence-corrected chi connectivity index (χ4v) is 3.67. The molecule has 1 heterocycles. The third kappa shape index (κ3) is 4.77. The Hall–Kier alpha value is -3.60. The molecular formula is C26H27N3O2. The van der Waals surface area contributed by atoms with E-state index in [9.17, 15) is 4.79 Å². The number of ether oxygens (including phenoxy) is 1. The molecule has 0 saturated carbocycles. The quantitative estimate of drug-likeness (QED) is 0.455. The van der Waals surface area contributed by atoms with Gasteiger partial charge in [-0.1, -0.05) is 42.5 Å². The largest absolute Gasteiger partial charge is 0.491 e. The molecule has 0 radical (unpaired) electrons. The Morgan fingerprint density at radius 1 is 0.968 bits per heavy atom. The predicted octanol–water partition coefficient (Wildman–Crippen LogP) is 4.70. The van der Waals surface area contributed by atoms with Gasteiger partial charge < -0.3 is 14.6 Å². The maximum Gasteiger partial charge on any atom is 0.251 e. The van der Waals surface area contributed by atoms with Crippen molar-refractivity contribution in [2.45, 2.75) is 26.8 Å². The van der Waals surface area contributed by atoms with E-state index in [0.29, 0.717) is 31.7 Å². The van der Waals surface area contributed by atoms with Gasteiger partial charge in [0.2, 0.25) is 0 Å². The van der Waals surface area contributed by atoms with Gasteiger partial charge in [-0.3, -0.25) is 4.79 Å². The van der Waals surface area contributed by atoms with Gasteiger partial charge in [0.05, 0.1) is 17.6 Å². The Labute approximate surface area is 182 Å². The molecule has 3 aromatic carbocycles. The van der Waals surface area contributed by atoms with Crippen LogP contribution in [0.15, 0.2) is 72.8 Å². The van der Waals surface area contributed by atoms with E-state index >= 15 is 0 Å². The zero-order chi connectivity index (χ0) is 21.6. The van der Waals surface area contributed by atoms with Gasteiger partial charge in [0.25, 0.3) is 5.91 Å². The first-order valence-electron chi connectivity index (χ1n) is 10.6. The number of amides is 1. The second-order valence-electron chi connectivity index (χ2n) is 7.59. The van der Waals surface area contributed by atoms with Crippen molar-refractivity contribution in [3.8, 4) is 5.75 Å². The number of para-hydroxylation sites is 2. The van der Waals surface area contributed by atoms with Gasteiger partial charge in [0, 0.05) is 18.5 Å². The molecule has 0 unspecified atom stereocenters. The van der Waals surface area contributed by atoms with Crippen LogP contribution in [0.25, 0.3) is 11.0 Å². The smallest absolute Gasteiger partial charge is 0.251 e. The van der Waals surface area contributed by atoms with Gasteiger partial charge in [-0.15, -0.1) is 0 Å². The first kappa shape index (κ1) is 20.7. The highest BCUT2D eigenvalue weighted by Gasteiger charge is 2.12. The summed E-state index contributed by atoms with van der Waals surface area (Å²) < 4.78 is 8.27. The predicted molar refractivity (Wildman–Crippen MR) is 124 cm³/mol. The number of carbonyl (C=O) groups excluding carboxylic acids is 1. The van der Waals surface area contributed by atoms with Crippen LogP contribution in [0.3, 0.4) is 0 Å². The fraction of sp³-hybridized carbons (Fsp3) is 0.231. The van der Waals surface area contributed by atoms with E-state index in [2.05, 4.69) is 35.9 Å². The summed E-state index contributed by atoms with van der Waals surface area (Å²) in [6, 6.07) is 23.5. The van der Waals surface area contributed by atoms with Crippen LogP contribution in [0.5, 0.6) is 5.75 Å². The first-order chi connectivity index (χ1) is 15.1. The van der Waals surface area contributed by atoms with Crippen LogP contribution in [-0.2, 0) is 13.0 Å². The highest BCUT2D eigenvalue weighted by molar-refractivity contribution is 5.94. The average Bonchev–Trinajstić information content (AvgIpc) is 3.14. The summed E-state index contributed by atoms with van der Waals surface area (Å²) in [7, 11) is 0. The molecule has 5 nitrogen and oxygen atoms in total. The summed E-state index contributed by atoms with van der Waals surface area (Å²) in [5.41, 5.74) is 5.09. The molecule has 0 aliphatic carbocycles. The van der Waals surface area contributed by atoms with Crippen molar-refractivity contribution < 1.29 is 9.53 Å². The average molecular weight is 414 g/mol. The molecule has 5 heteroatoms. The number of aryl methyl sites for hydroxylation is 1. The van der Waals surface area contributed by atoms with Gasteiger partial charge in [0.15, 0.2) is 0 Å². The lowest BCUT2D eigenvalue weighted by atomic mass is 10.1. The van der Waals surface area contributed by atoms with E-state index in [-0.39, 0.29) is 5.91 Å². The number of benzene rings is 3. The summed E-state index contributed by atoms with van der Waals surface area (Å²) >= 11 is 0. The summed E-state index contributed by atoms with van der Waals surface area (Å²) in [6.45, 7) is 5.93. The normalized spacial score (nSPS) is 10.9. The van der Waals surface area contributed by atoms with Crippen LogP contribution in [0.2, 0.25) is 0 Å². The van der Waals surface area contributed by atoms with Crippen LogP contribution >= 0.6 is 0 Å². The lowest BCUT2D eigenvalue weighted by molar-refractivity contribution is 0.0954. The maximum absolute atomic E-state index is 12.3. The van der Waals surface area contributed by atoms with Crippen LogP contribution < -0.4 is 10.1 Å². The van der Waals surface area contributed by atoms with E-state index in [1.807, 2.05) is 60.7 Å². The lowest BCUT2D eigenvalue weighted by Crippen LogP contribution is -2.26. The summed E-state index contributed by atoms with van der Waals surface area (Å²) in [5.74, 6) is 1.79. The zero-order valence-corrected chi connectivity index (χ0v) is 18.0. The topological polar surface area (TPSA) is 56.1 Å². The first-order valence-corrected chi connectivity index (χ1v) is 10.6. The number of fused-ring (bicyclic) bond motifs is 1. The second-order valence-corrected chi connectivity index (χ2v) is 7.59. The molecule has 4 aromatic rings. The number of imidazole rings is 1. The minimum absolute atomic E-state index is 0.0680. The Morgan fingerprint density at radius 2 is 1.74 bits per heavy atom. The Morgan fingerprint density at radius 3 is 2.58 bits per heavy atom. The number of nitrogens with zero attached hydrogens (tertiary/aromatic N) is 2. The molecule has 1 aromatic heterocycles. The second kappa shape index (κ2) is 9.47. The van der Waals surface area contributed by atoms with E-state index in [0.717, 1.165) is 22.6 Å². The monoisotopic (exact) mass is 413 g/mol. The molecule has 0 aliphatic rings. The van der Waals surface area contributed by atoms with E-state index in [1.54, 1.807) is 0 Å². The van der Waals surface area contributed by atoms with Gasteiger partial charge >= 0.3 is 0 Å². The summed E-state index contributed by atoms with van der Waals surface area (Å²) in [6.07, 6.45) is 0.650. The van der Waals surface area contributed by atoms with E-state index < -0.39 is 0 Å². The molecule has 1 N–H and O–H groups in total. The van der Waals surface area contributed by atoms with Crippen molar-refractivity contribution in [2.75, 3.05) is 13.2 Å². The van der Waals surface area contributed by atoms with Gasteiger partial charge in [-0.25, -0.2) is 4.98 Å². The number of rotatable bonds is 8. The third-order valence-corrected chi connectivity index (χ3v) is 5.53. The lowest BCUT2D eigenvalue weighted by Gasteiger charge is -2.13. The molecule has 0 spiro atoms. The highest BCUT2D eigenvalue weighted by atomic mass is 16.5. The minimum Gasteiger partial charge on any atom is -0.491 e.